The molecule has 0 amide bonds. The molecule has 0 radical (unpaired) electrons. The van der Waals surface area contributed by atoms with Crippen LogP contribution in [-0.2, 0) is 18.9 Å². The van der Waals surface area contributed by atoms with E-state index < -0.39 is 0 Å². The molecular weight excluding hydrogens is 256 g/mol. The highest BCUT2D eigenvalue weighted by atomic mass is 17.0. The van der Waals surface area contributed by atoms with Crippen molar-refractivity contribution in [2.75, 3.05) is 6.61 Å². The van der Waals surface area contributed by atoms with Crippen molar-refractivity contribution in [2.45, 2.75) is 81.3 Å². The van der Waals surface area contributed by atoms with Crippen LogP contribution < -0.4 is 0 Å². The Balaban J connectivity index is 1.34. The third kappa shape index (κ3) is 0.980. The van der Waals surface area contributed by atoms with Crippen molar-refractivity contribution >= 4 is 0 Å². The molecule has 0 aromatic heterocycles. The molecule has 0 aromatic rings. The van der Waals surface area contributed by atoms with E-state index in [0.717, 1.165) is 25.4 Å². The van der Waals surface area contributed by atoms with E-state index in [4.69, 9.17) is 18.9 Å². The van der Waals surface area contributed by atoms with Gasteiger partial charge in [-0.05, 0) is 44.4 Å². The van der Waals surface area contributed by atoms with E-state index in [1.807, 2.05) is 0 Å². The van der Waals surface area contributed by atoms with Crippen molar-refractivity contribution in [2.24, 2.45) is 11.3 Å². The molecule has 0 N–H and O–H groups in total. The summed E-state index contributed by atoms with van der Waals surface area (Å²) < 4.78 is 24.0. The lowest BCUT2D eigenvalue weighted by atomic mass is 9.58. The molecule has 2 saturated carbocycles. The molecule has 5 unspecified atom stereocenters. The normalized spacial score (nSPS) is 68.5. The Hall–Kier alpha value is -0.160. The van der Waals surface area contributed by atoms with Crippen molar-refractivity contribution in [3.8, 4) is 0 Å². The predicted molar refractivity (Wildman–Crippen MR) is 68.9 cm³/mol. The quantitative estimate of drug-likeness (QED) is 0.744. The maximum Gasteiger partial charge on any atom is 0.237 e. The fourth-order valence-corrected chi connectivity index (χ4v) is 6.03. The zero-order valence-corrected chi connectivity index (χ0v) is 12.0. The second-order valence-corrected chi connectivity index (χ2v) is 7.77. The van der Waals surface area contributed by atoms with Crippen molar-refractivity contribution < 1.29 is 18.9 Å². The number of hydrogen-bond acceptors (Lipinski definition) is 4. The standard InChI is InChI=1S/C16H22O4/c1-2-13(5-3-6-15-16(13,19-15)20-15)14-7-4-10(11-9-17-11)8-12(14)18-14/h10-12H,2-9H2,1H3. The first-order valence-corrected chi connectivity index (χ1v) is 8.41. The Kier molecular flexibility index (Phi) is 1.70. The molecule has 0 aromatic carbocycles. The summed E-state index contributed by atoms with van der Waals surface area (Å²) in [5, 5.41) is 0. The minimum absolute atomic E-state index is 0.0613. The largest absolute Gasteiger partial charge is 0.373 e. The summed E-state index contributed by atoms with van der Waals surface area (Å²) in [4.78, 5) is 0. The average molecular weight is 278 g/mol. The molecule has 4 heterocycles. The van der Waals surface area contributed by atoms with E-state index in [1.54, 1.807) is 0 Å². The van der Waals surface area contributed by atoms with Crippen LogP contribution in [0.4, 0.5) is 0 Å². The molecule has 6 aliphatic rings. The molecule has 0 bridgehead atoms. The molecule has 6 rings (SSSR count). The maximum absolute atomic E-state index is 6.38. The minimum atomic E-state index is -0.245. The minimum Gasteiger partial charge on any atom is -0.373 e. The second-order valence-electron chi connectivity index (χ2n) is 7.77. The SMILES string of the molecule is CCC1(C23CCC(C4CO4)CC2O3)CCCC23OC21O3. The fourth-order valence-electron chi connectivity index (χ4n) is 6.03. The molecule has 20 heavy (non-hydrogen) atoms. The summed E-state index contributed by atoms with van der Waals surface area (Å²) in [5.74, 6) is 0.309. The second kappa shape index (κ2) is 2.98. The summed E-state index contributed by atoms with van der Waals surface area (Å²) in [6.07, 6.45) is 9.25. The van der Waals surface area contributed by atoms with Gasteiger partial charge in [-0.25, -0.2) is 0 Å². The van der Waals surface area contributed by atoms with E-state index in [2.05, 4.69) is 6.92 Å². The smallest absolute Gasteiger partial charge is 0.237 e. The Morgan fingerprint density at radius 2 is 2.00 bits per heavy atom. The monoisotopic (exact) mass is 278 g/mol. The molecule has 4 aliphatic heterocycles. The van der Waals surface area contributed by atoms with Gasteiger partial charge in [0.2, 0.25) is 11.6 Å². The maximum atomic E-state index is 6.38. The van der Waals surface area contributed by atoms with E-state index in [-0.39, 0.29) is 22.6 Å². The predicted octanol–water partition coefficient (Wildman–Crippen LogP) is 2.36. The van der Waals surface area contributed by atoms with Gasteiger partial charge >= 0.3 is 0 Å². The first-order chi connectivity index (χ1) is 9.71. The van der Waals surface area contributed by atoms with Gasteiger partial charge in [-0.15, -0.1) is 0 Å². The van der Waals surface area contributed by atoms with Crippen LogP contribution in [0.3, 0.4) is 0 Å². The Morgan fingerprint density at radius 3 is 2.70 bits per heavy atom. The van der Waals surface area contributed by atoms with E-state index in [9.17, 15) is 0 Å². The molecule has 4 nitrogen and oxygen atoms in total. The zero-order chi connectivity index (χ0) is 13.2. The fraction of sp³-hybridized carbons (Fsp3) is 1.00. The van der Waals surface area contributed by atoms with E-state index >= 15 is 0 Å². The van der Waals surface area contributed by atoms with E-state index in [1.165, 1.54) is 32.1 Å². The van der Waals surface area contributed by atoms with Crippen LogP contribution in [0.1, 0.15) is 51.9 Å². The molecule has 110 valence electrons. The van der Waals surface area contributed by atoms with Crippen LogP contribution in [0.5, 0.6) is 0 Å². The summed E-state index contributed by atoms with van der Waals surface area (Å²) in [5.41, 5.74) is 0.185. The highest BCUT2D eigenvalue weighted by Crippen LogP contribution is 2.86. The lowest BCUT2D eigenvalue weighted by Gasteiger charge is -2.41. The van der Waals surface area contributed by atoms with Gasteiger partial charge in [-0.3, -0.25) is 0 Å². The number of hydrogen-bond donors (Lipinski definition) is 0. The lowest BCUT2D eigenvalue weighted by molar-refractivity contribution is -0.157. The first-order valence-electron chi connectivity index (χ1n) is 8.41. The Morgan fingerprint density at radius 1 is 1.15 bits per heavy atom. The molecule has 5 atom stereocenters. The van der Waals surface area contributed by atoms with Crippen molar-refractivity contribution in [1.82, 2.24) is 0 Å². The van der Waals surface area contributed by atoms with Crippen LogP contribution in [0, 0.1) is 11.3 Å². The third-order valence-corrected chi connectivity index (χ3v) is 7.29. The summed E-state index contributed by atoms with van der Waals surface area (Å²) in [6.45, 7) is 3.28. The van der Waals surface area contributed by atoms with E-state index in [0.29, 0.717) is 12.2 Å². The van der Waals surface area contributed by atoms with Crippen molar-refractivity contribution in [3.63, 3.8) is 0 Å². The van der Waals surface area contributed by atoms with Gasteiger partial charge in [-0.2, -0.15) is 0 Å². The van der Waals surface area contributed by atoms with Gasteiger partial charge in [-0.1, -0.05) is 6.92 Å². The van der Waals surface area contributed by atoms with Crippen LogP contribution >= 0.6 is 0 Å². The van der Waals surface area contributed by atoms with Gasteiger partial charge in [0.15, 0.2) is 0 Å². The van der Waals surface area contributed by atoms with Gasteiger partial charge in [0.05, 0.1) is 24.2 Å². The van der Waals surface area contributed by atoms with Gasteiger partial charge < -0.3 is 18.9 Å². The lowest BCUT2D eigenvalue weighted by Crippen LogP contribution is -2.50. The molecule has 4 saturated heterocycles. The topological polar surface area (TPSA) is 50.1 Å². The number of ether oxygens (including phenoxy) is 4. The van der Waals surface area contributed by atoms with Crippen LogP contribution in [-0.4, -0.2) is 36.0 Å². The molecular formula is C16H22O4. The van der Waals surface area contributed by atoms with Crippen LogP contribution in [0.15, 0.2) is 0 Å². The highest BCUT2D eigenvalue weighted by Gasteiger charge is 3.01. The molecule has 4 heteroatoms. The molecule has 0 spiro atoms. The van der Waals surface area contributed by atoms with Gasteiger partial charge in [0, 0.05) is 6.42 Å². The van der Waals surface area contributed by atoms with Gasteiger partial charge in [0.25, 0.3) is 0 Å². The Bertz CT molecular complexity index is 495. The third-order valence-electron chi connectivity index (χ3n) is 7.29. The van der Waals surface area contributed by atoms with Crippen LogP contribution in [0.25, 0.3) is 0 Å². The van der Waals surface area contributed by atoms with Crippen molar-refractivity contribution in [3.05, 3.63) is 0 Å². The number of epoxide rings is 4. The van der Waals surface area contributed by atoms with Crippen molar-refractivity contribution in [1.29, 1.82) is 0 Å². The van der Waals surface area contributed by atoms with Crippen LogP contribution in [0.2, 0.25) is 0 Å². The Labute approximate surface area is 119 Å². The average Bonchev–Trinajstić information content (AvgIpc) is 3.24. The summed E-state index contributed by atoms with van der Waals surface area (Å²) in [6, 6.07) is 0. The zero-order valence-electron chi connectivity index (χ0n) is 12.0. The first kappa shape index (κ1) is 11.4. The number of rotatable bonds is 3. The summed E-state index contributed by atoms with van der Waals surface area (Å²) >= 11 is 0. The van der Waals surface area contributed by atoms with Gasteiger partial charge in [0.1, 0.15) is 5.60 Å². The number of fused-ring (bicyclic) bond motifs is 1. The molecule has 2 aliphatic carbocycles. The summed E-state index contributed by atoms with van der Waals surface area (Å²) in [7, 11) is 0. The highest BCUT2D eigenvalue weighted by molar-refractivity contribution is 5.35. The molecule has 6 fully saturated rings.